The number of carboxylic acid groups (broad SMARTS) is 2. The molecule has 0 aromatic carbocycles. The van der Waals surface area contributed by atoms with E-state index in [1.165, 1.54) is 0 Å². The van der Waals surface area contributed by atoms with Crippen LogP contribution in [0.15, 0.2) is 0 Å². The molecule has 0 aliphatic carbocycles. The Morgan fingerprint density at radius 1 is 1.00 bits per heavy atom. The molecule has 0 aliphatic heterocycles. The molecule has 0 fully saturated rings. The van der Waals surface area contributed by atoms with Crippen molar-refractivity contribution in [2.75, 3.05) is 0 Å². The molecule has 100 valence electrons. The summed E-state index contributed by atoms with van der Waals surface area (Å²) < 4.78 is 0. The molecule has 5 nitrogen and oxygen atoms in total. The minimum absolute atomic E-state index is 0.385. The molecular weight excluding hydrogens is 222 g/mol. The van der Waals surface area contributed by atoms with Gasteiger partial charge in [-0.25, -0.2) is 0 Å². The van der Waals surface area contributed by atoms with Gasteiger partial charge in [-0.1, -0.05) is 13.8 Å². The highest BCUT2D eigenvalue weighted by Crippen LogP contribution is 2.24. The summed E-state index contributed by atoms with van der Waals surface area (Å²) in [6.45, 7) is 9.02. The second-order valence-corrected chi connectivity index (χ2v) is 5.10. The van der Waals surface area contributed by atoms with Gasteiger partial charge in [-0.2, -0.15) is 0 Å². The van der Waals surface area contributed by atoms with Crippen molar-refractivity contribution in [3.05, 3.63) is 0 Å². The Hall–Kier alpha value is -1.10. The largest absolute Gasteiger partial charge is 0.480 e. The highest BCUT2D eigenvalue weighted by atomic mass is 16.4. The van der Waals surface area contributed by atoms with E-state index in [2.05, 4.69) is 0 Å². The van der Waals surface area contributed by atoms with Crippen molar-refractivity contribution >= 4 is 11.9 Å². The number of hydrogen-bond donors (Lipinski definition) is 2. The van der Waals surface area contributed by atoms with Crippen molar-refractivity contribution in [2.45, 2.75) is 65.1 Å². The van der Waals surface area contributed by atoms with Crippen molar-refractivity contribution in [1.29, 1.82) is 0 Å². The summed E-state index contributed by atoms with van der Waals surface area (Å²) in [6.07, 6.45) is 0.771. The van der Waals surface area contributed by atoms with Gasteiger partial charge >= 0.3 is 11.9 Å². The highest BCUT2D eigenvalue weighted by Gasteiger charge is 2.39. The monoisotopic (exact) mass is 245 g/mol. The smallest absolute Gasteiger partial charge is 0.320 e. The lowest BCUT2D eigenvalue weighted by molar-refractivity contribution is -0.155. The molecule has 0 rings (SSSR count). The van der Waals surface area contributed by atoms with Gasteiger partial charge in [-0.3, -0.25) is 14.5 Å². The van der Waals surface area contributed by atoms with Crippen molar-refractivity contribution in [1.82, 2.24) is 4.90 Å². The fourth-order valence-electron chi connectivity index (χ4n) is 2.13. The summed E-state index contributed by atoms with van der Waals surface area (Å²) in [6, 6.07) is -1.54. The fraction of sp³-hybridized carbons (Fsp3) is 0.833. The van der Waals surface area contributed by atoms with E-state index in [-0.39, 0.29) is 0 Å². The molecule has 5 heteroatoms. The molecule has 2 unspecified atom stereocenters. The normalized spacial score (nSPS) is 15.6. The van der Waals surface area contributed by atoms with Crippen LogP contribution < -0.4 is 0 Å². The van der Waals surface area contributed by atoms with Crippen LogP contribution in [0.4, 0.5) is 0 Å². The zero-order valence-electron chi connectivity index (χ0n) is 11.2. The third-order valence-electron chi connectivity index (χ3n) is 2.79. The number of rotatable bonds is 6. The first kappa shape index (κ1) is 15.9. The molecule has 17 heavy (non-hydrogen) atoms. The number of aliphatic carboxylic acids is 2. The van der Waals surface area contributed by atoms with Crippen LogP contribution in [0.25, 0.3) is 0 Å². The lowest BCUT2D eigenvalue weighted by Gasteiger charge is -2.43. The first-order chi connectivity index (χ1) is 7.66. The fourth-order valence-corrected chi connectivity index (χ4v) is 2.13. The zero-order chi connectivity index (χ0) is 13.8. The summed E-state index contributed by atoms with van der Waals surface area (Å²) in [4.78, 5) is 24.0. The van der Waals surface area contributed by atoms with Gasteiger partial charge in [-0.05, 0) is 33.6 Å². The van der Waals surface area contributed by atoms with Crippen LogP contribution in [0.3, 0.4) is 0 Å². The van der Waals surface area contributed by atoms with Crippen LogP contribution in [0.2, 0.25) is 0 Å². The van der Waals surface area contributed by atoms with E-state index in [0.29, 0.717) is 12.8 Å². The van der Waals surface area contributed by atoms with Gasteiger partial charge in [0.15, 0.2) is 0 Å². The number of nitrogens with zero attached hydrogens (tertiary/aromatic N) is 1. The third-order valence-corrected chi connectivity index (χ3v) is 2.79. The van der Waals surface area contributed by atoms with Crippen molar-refractivity contribution in [3.8, 4) is 0 Å². The molecule has 2 atom stereocenters. The Morgan fingerprint density at radius 2 is 1.29 bits per heavy atom. The number of carboxylic acids is 2. The molecule has 0 aromatic heterocycles. The van der Waals surface area contributed by atoms with Gasteiger partial charge in [0.1, 0.15) is 12.1 Å². The lowest BCUT2D eigenvalue weighted by Crippen LogP contribution is -2.58. The standard InChI is InChI=1S/C12H23NO4/c1-6-8(10(14)15)13(12(3,4)5)9(7-2)11(16)17/h8-9H,6-7H2,1-5H3,(H,14,15)(H,16,17). The Bertz CT molecular complexity index is 261. The van der Waals surface area contributed by atoms with Crippen LogP contribution in [-0.4, -0.2) is 44.7 Å². The Morgan fingerprint density at radius 3 is 1.41 bits per heavy atom. The van der Waals surface area contributed by atoms with Gasteiger partial charge in [0.05, 0.1) is 0 Å². The van der Waals surface area contributed by atoms with E-state index < -0.39 is 29.6 Å². The number of hydrogen-bond acceptors (Lipinski definition) is 3. The van der Waals surface area contributed by atoms with E-state index in [0.717, 1.165) is 0 Å². The van der Waals surface area contributed by atoms with Gasteiger partial charge in [0.2, 0.25) is 0 Å². The quantitative estimate of drug-likeness (QED) is 0.746. The summed E-state index contributed by atoms with van der Waals surface area (Å²) >= 11 is 0. The maximum atomic E-state index is 11.2. The summed E-state index contributed by atoms with van der Waals surface area (Å²) in [7, 11) is 0. The highest BCUT2D eigenvalue weighted by molar-refractivity contribution is 5.77. The second-order valence-electron chi connectivity index (χ2n) is 5.10. The molecule has 0 aromatic rings. The molecule has 0 bridgehead atoms. The molecule has 0 saturated heterocycles. The molecular formula is C12H23NO4. The lowest BCUT2D eigenvalue weighted by atomic mass is 9.96. The minimum Gasteiger partial charge on any atom is -0.480 e. The van der Waals surface area contributed by atoms with Crippen molar-refractivity contribution < 1.29 is 19.8 Å². The van der Waals surface area contributed by atoms with Crippen molar-refractivity contribution in [2.24, 2.45) is 0 Å². The predicted molar refractivity (Wildman–Crippen MR) is 65.0 cm³/mol. The maximum absolute atomic E-state index is 11.2. The molecule has 0 spiro atoms. The SMILES string of the molecule is CCC(C(=O)O)N(C(CC)C(=O)O)C(C)(C)C. The van der Waals surface area contributed by atoms with Crippen LogP contribution in [0, 0.1) is 0 Å². The molecule has 0 radical (unpaired) electrons. The molecule has 0 aliphatic rings. The van der Waals surface area contributed by atoms with Gasteiger partial charge in [0, 0.05) is 5.54 Å². The van der Waals surface area contributed by atoms with Crippen LogP contribution in [0.5, 0.6) is 0 Å². The van der Waals surface area contributed by atoms with E-state index >= 15 is 0 Å². The molecule has 0 amide bonds. The van der Waals surface area contributed by atoms with Crippen LogP contribution in [0.1, 0.15) is 47.5 Å². The van der Waals surface area contributed by atoms with E-state index in [9.17, 15) is 19.8 Å². The Balaban J connectivity index is 5.39. The summed E-state index contributed by atoms with van der Waals surface area (Å²) in [5, 5.41) is 18.4. The van der Waals surface area contributed by atoms with E-state index in [1.54, 1.807) is 18.7 Å². The second kappa shape index (κ2) is 6.00. The average molecular weight is 245 g/mol. The van der Waals surface area contributed by atoms with Crippen LogP contribution in [-0.2, 0) is 9.59 Å². The molecule has 0 saturated carbocycles. The number of carbonyl (C=O) groups is 2. The molecule has 0 heterocycles. The molecule has 2 N–H and O–H groups in total. The Labute approximate surface area is 102 Å². The van der Waals surface area contributed by atoms with Gasteiger partial charge < -0.3 is 10.2 Å². The topological polar surface area (TPSA) is 77.8 Å². The average Bonchev–Trinajstić information content (AvgIpc) is 2.15. The predicted octanol–water partition coefficient (Wildman–Crippen LogP) is 1.81. The first-order valence-corrected chi connectivity index (χ1v) is 5.90. The van der Waals surface area contributed by atoms with Crippen LogP contribution >= 0.6 is 0 Å². The van der Waals surface area contributed by atoms with E-state index in [4.69, 9.17) is 0 Å². The zero-order valence-corrected chi connectivity index (χ0v) is 11.2. The maximum Gasteiger partial charge on any atom is 0.320 e. The summed E-state index contributed by atoms with van der Waals surface area (Å²) in [5.74, 6) is -1.94. The van der Waals surface area contributed by atoms with Gasteiger partial charge in [0.25, 0.3) is 0 Å². The van der Waals surface area contributed by atoms with Crippen molar-refractivity contribution in [3.63, 3.8) is 0 Å². The summed E-state index contributed by atoms with van der Waals surface area (Å²) in [5.41, 5.74) is -0.502. The minimum atomic E-state index is -0.970. The Kier molecular flexibility index (Phi) is 5.61. The van der Waals surface area contributed by atoms with E-state index in [1.807, 2.05) is 20.8 Å². The van der Waals surface area contributed by atoms with Gasteiger partial charge in [-0.15, -0.1) is 0 Å². The third kappa shape index (κ3) is 4.00. The first-order valence-electron chi connectivity index (χ1n) is 5.90.